The van der Waals surface area contributed by atoms with Crippen LogP contribution in [-0.2, 0) is 4.79 Å². The van der Waals surface area contributed by atoms with Crippen molar-refractivity contribution in [3.8, 4) is 0 Å². The van der Waals surface area contributed by atoms with Gasteiger partial charge in [-0.05, 0) is 36.5 Å². The summed E-state index contributed by atoms with van der Waals surface area (Å²) in [6, 6.07) is 0.195. The summed E-state index contributed by atoms with van der Waals surface area (Å²) in [6.07, 6.45) is 2.27. The topological polar surface area (TPSA) is 46.3 Å². The Kier molecular flexibility index (Phi) is 3.25. The summed E-state index contributed by atoms with van der Waals surface area (Å²) in [6.45, 7) is 12.7. The van der Waals surface area contributed by atoms with Crippen molar-refractivity contribution in [1.82, 2.24) is 4.90 Å². The molecule has 0 aromatic rings. The Morgan fingerprint density at radius 2 is 1.83 bits per heavy atom. The molecule has 2 fully saturated rings. The minimum Gasteiger partial charge on any atom is -0.342 e. The van der Waals surface area contributed by atoms with Crippen LogP contribution in [-0.4, -0.2) is 29.9 Å². The third-order valence-electron chi connectivity index (χ3n) is 5.78. The summed E-state index contributed by atoms with van der Waals surface area (Å²) < 4.78 is 0. The maximum atomic E-state index is 12.6. The van der Waals surface area contributed by atoms with E-state index in [1.165, 1.54) is 6.42 Å². The van der Waals surface area contributed by atoms with Crippen LogP contribution in [0.15, 0.2) is 0 Å². The predicted molar refractivity (Wildman–Crippen MR) is 74.0 cm³/mol. The number of carbonyl (C=O) groups excluding carboxylic acids is 1. The number of hydrogen-bond donors (Lipinski definition) is 1. The number of rotatable bonds is 2. The molecule has 18 heavy (non-hydrogen) atoms. The second kappa shape index (κ2) is 4.22. The van der Waals surface area contributed by atoms with Crippen molar-refractivity contribution < 1.29 is 4.79 Å². The standard InChI is InChI=1S/C15H28N2O/c1-10(16)11-7-6-8-17(9-11)13(18)12-14(2,3)15(12,4)5/h10-12H,6-9,16H2,1-5H3. The van der Waals surface area contributed by atoms with Gasteiger partial charge in [-0.15, -0.1) is 0 Å². The summed E-state index contributed by atoms with van der Waals surface area (Å²) >= 11 is 0. The number of carbonyl (C=O) groups is 1. The monoisotopic (exact) mass is 252 g/mol. The lowest BCUT2D eigenvalue weighted by atomic mass is 9.91. The van der Waals surface area contributed by atoms with E-state index >= 15 is 0 Å². The number of nitrogens with zero attached hydrogens (tertiary/aromatic N) is 1. The first-order chi connectivity index (χ1) is 8.19. The Bertz CT molecular complexity index is 332. The fourth-order valence-corrected chi connectivity index (χ4v) is 3.64. The van der Waals surface area contributed by atoms with E-state index in [2.05, 4.69) is 39.5 Å². The van der Waals surface area contributed by atoms with Crippen LogP contribution in [0.4, 0.5) is 0 Å². The first kappa shape index (κ1) is 13.9. The lowest BCUT2D eigenvalue weighted by Gasteiger charge is -2.35. The van der Waals surface area contributed by atoms with E-state index in [0.29, 0.717) is 11.8 Å². The molecule has 0 bridgehead atoms. The molecular formula is C15H28N2O. The molecule has 104 valence electrons. The number of piperidine rings is 1. The zero-order chi connectivity index (χ0) is 13.7. The molecule has 3 heteroatoms. The van der Waals surface area contributed by atoms with E-state index in [9.17, 15) is 4.79 Å². The van der Waals surface area contributed by atoms with Crippen LogP contribution in [0.3, 0.4) is 0 Å². The Hall–Kier alpha value is -0.570. The Morgan fingerprint density at radius 3 is 2.28 bits per heavy atom. The van der Waals surface area contributed by atoms with Crippen LogP contribution >= 0.6 is 0 Å². The molecule has 1 heterocycles. The highest BCUT2D eigenvalue weighted by atomic mass is 16.2. The smallest absolute Gasteiger partial charge is 0.226 e. The van der Waals surface area contributed by atoms with Crippen molar-refractivity contribution in [3.05, 3.63) is 0 Å². The highest BCUT2D eigenvalue weighted by Gasteiger charge is 2.68. The lowest BCUT2D eigenvalue weighted by Crippen LogP contribution is -2.46. The SMILES string of the molecule is CC(N)C1CCCN(C(=O)C2C(C)(C)C2(C)C)C1. The number of likely N-dealkylation sites (tertiary alicyclic amines) is 1. The van der Waals surface area contributed by atoms with Gasteiger partial charge in [0.2, 0.25) is 5.91 Å². The first-order valence-electron chi connectivity index (χ1n) is 7.24. The molecule has 0 spiro atoms. The molecule has 2 atom stereocenters. The molecule has 2 unspecified atom stereocenters. The zero-order valence-corrected chi connectivity index (χ0v) is 12.5. The predicted octanol–water partition coefficient (Wildman–Crippen LogP) is 2.25. The molecule has 0 aromatic carbocycles. The number of hydrogen-bond acceptors (Lipinski definition) is 2. The Balaban J connectivity index is 2.03. The second-order valence-electron chi connectivity index (χ2n) is 7.42. The average molecular weight is 252 g/mol. The normalized spacial score (nSPS) is 32.1. The molecule has 1 aliphatic carbocycles. The van der Waals surface area contributed by atoms with Crippen LogP contribution in [0.1, 0.15) is 47.5 Å². The molecule has 2 rings (SSSR count). The fraction of sp³-hybridized carbons (Fsp3) is 0.933. The number of amides is 1. The molecule has 1 amide bonds. The Labute approximate surface area is 111 Å². The van der Waals surface area contributed by atoms with Gasteiger partial charge in [-0.3, -0.25) is 4.79 Å². The minimum atomic E-state index is 0.144. The van der Waals surface area contributed by atoms with Crippen LogP contribution in [0.2, 0.25) is 0 Å². The van der Waals surface area contributed by atoms with E-state index in [1.54, 1.807) is 0 Å². The van der Waals surface area contributed by atoms with Gasteiger partial charge >= 0.3 is 0 Å². The Morgan fingerprint density at radius 1 is 1.28 bits per heavy atom. The molecule has 2 aliphatic rings. The van der Waals surface area contributed by atoms with Crippen LogP contribution in [0.25, 0.3) is 0 Å². The highest BCUT2D eigenvalue weighted by Crippen LogP contribution is 2.68. The molecule has 1 saturated heterocycles. The zero-order valence-electron chi connectivity index (χ0n) is 12.5. The lowest BCUT2D eigenvalue weighted by molar-refractivity contribution is -0.135. The van der Waals surface area contributed by atoms with E-state index < -0.39 is 0 Å². The molecule has 3 nitrogen and oxygen atoms in total. The van der Waals surface area contributed by atoms with Gasteiger partial charge in [0.1, 0.15) is 0 Å². The van der Waals surface area contributed by atoms with E-state index in [0.717, 1.165) is 19.5 Å². The number of nitrogens with two attached hydrogens (primary N) is 1. The molecule has 1 aliphatic heterocycles. The van der Waals surface area contributed by atoms with Gasteiger partial charge in [0.05, 0.1) is 0 Å². The van der Waals surface area contributed by atoms with Gasteiger partial charge in [-0.2, -0.15) is 0 Å². The van der Waals surface area contributed by atoms with Crippen LogP contribution in [0, 0.1) is 22.7 Å². The second-order valence-corrected chi connectivity index (χ2v) is 7.42. The molecule has 2 N–H and O–H groups in total. The van der Waals surface area contributed by atoms with Crippen LogP contribution < -0.4 is 5.73 Å². The molecule has 0 radical (unpaired) electrons. The molecule has 0 aromatic heterocycles. The fourth-order valence-electron chi connectivity index (χ4n) is 3.64. The van der Waals surface area contributed by atoms with Crippen molar-refractivity contribution in [2.45, 2.75) is 53.5 Å². The van der Waals surface area contributed by atoms with Crippen molar-refractivity contribution in [2.24, 2.45) is 28.4 Å². The van der Waals surface area contributed by atoms with Gasteiger partial charge in [0.25, 0.3) is 0 Å². The van der Waals surface area contributed by atoms with E-state index in [4.69, 9.17) is 5.73 Å². The van der Waals surface area contributed by atoms with Gasteiger partial charge in [-0.1, -0.05) is 27.7 Å². The van der Waals surface area contributed by atoms with Gasteiger partial charge in [-0.25, -0.2) is 0 Å². The van der Waals surface area contributed by atoms with Crippen molar-refractivity contribution >= 4 is 5.91 Å². The average Bonchev–Trinajstić information content (AvgIpc) is 2.69. The third-order valence-corrected chi connectivity index (χ3v) is 5.78. The van der Waals surface area contributed by atoms with Gasteiger partial charge < -0.3 is 10.6 Å². The molecular weight excluding hydrogens is 224 g/mol. The largest absolute Gasteiger partial charge is 0.342 e. The van der Waals surface area contributed by atoms with Crippen LogP contribution in [0.5, 0.6) is 0 Å². The summed E-state index contributed by atoms with van der Waals surface area (Å²) in [5, 5.41) is 0. The van der Waals surface area contributed by atoms with E-state index in [1.807, 2.05) is 0 Å². The summed E-state index contributed by atoms with van der Waals surface area (Å²) in [5.74, 6) is 1.03. The summed E-state index contributed by atoms with van der Waals surface area (Å²) in [4.78, 5) is 14.7. The summed E-state index contributed by atoms with van der Waals surface area (Å²) in [7, 11) is 0. The van der Waals surface area contributed by atoms with E-state index in [-0.39, 0.29) is 22.8 Å². The quantitative estimate of drug-likeness (QED) is 0.819. The summed E-state index contributed by atoms with van der Waals surface area (Å²) in [5.41, 5.74) is 6.28. The maximum Gasteiger partial charge on any atom is 0.226 e. The highest BCUT2D eigenvalue weighted by molar-refractivity contribution is 5.84. The molecule has 1 saturated carbocycles. The first-order valence-corrected chi connectivity index (χ1v) is 7.24. The van der Waals surface area contributed by atoms with Gasteiger partial charge in [0.15, 0.2) is 0 Å². The van der Waals surface area contributed by atoms with Crippen molar-refractivity contribution in [3.63, 3.8) is 0 Å². The van der Waals surface area contributed by atoms with Crippen molar-refractivity contribution in [2.75, 3.05) is 13.1 Å². The third kappa shape index (κ3) is 1.97. The van der Waals surface area contributed by atoms with Crippen molar-refractivity contribution in [1.29, 1.82) is 0 Å². The van der Waals surface area contributed by atoms with Gasteiger partial charge in [0, 0.05) is 25.0 Å². The maximum absolute atomic E-state index is 12.6. The minimum absolute atomic E-state index is 0.144.